The number of aryl methyl sites for hydroxylation is 2. The maximum Gasteiger partial charge on any atom is 1.00 e. The Morgan fingerprint density at radius 1 is 0.893 bits per heavy atom. The molecule has 0 fully saturated rings. The van der Waals surface area contributed by atoms with Crippen molar-refractivity contribution in [3.63, 3.8) is 0 Å². The number of hydrogen-bond acceptors (Lipinski definition) is 4. The summed E-state index contributed by atoms with van der Waals surface area (Å²) in [4.78, 5) is 0. The van der Waals surface area contributed by atoms with E-state index < -0.39 is 15.4 Å². The van der Waals surface area contributed by atoms with Gasteiger partial charge in [-0.3, -0.25) is 0 Å². The third-order valence-electron chi connectivity index (χ3n) is 5.08. The summed E-state index contributed by atoms with van der Waals surface area (Å²) in [5.74, 6) is 0.667. The van der Waals surface area contributed by atoms with Gasteiger partial charge in [0.05, 0.1) is 5.25 Å². The van der Waals surface area contributed by atoms with Gasteiger partial charge in [-0.1, -0.05) is 65.4 Å². The van der Waals surface area contributed by atoms with Gasteiger partial charge in [0, 0.05) is 0 Å². The van der Waals surface area contributed by atoms with E-state index >= 15 is 0 Å². The predicted octanol–water partition coefficient (Wildman–Crippen LogP) is 2.64. The van der Waals surface area contributed by atoms with E-state index in [0.717, 1.165) is 19.3 Å². The Morgan fingerprint density at radius 3 is 1.96 bits per heavy atom. The van der Waals surface area contributed by atoms with Crippen LogP contribution in [0.1, 0.15) is 89.7 Å². The van der Waals surface area contributed by atoms with Crippen molar-refractivity contribution in [2.45, 2.75) is 96.7 Å². The van der Waals surface area contributed by atoms with Gasteiger partial charge in [0.25, 0.3) is 0 Å². The van der Waals surface area contributed by atoms with Crippen LogP contribution in [0.2, 0.25) is 0 Å². The van der Waals surface area contributed by atoms with E-state index in [-0.39, 0.29) is 42.6 Å². The average molecular weight is 421 g/mol. The van der Waals surface area contributed by atoms with E-state index in [2.05, 4.69) is 19.9 Å². The zero-order valence-corrected chi connectivity index (χ0v) is 21.2. The van der Waals surface area contributed by atoms with Gasteiger partial charge in [-0.25, -0.2) is 8.42 Å². The summed E-state index contributed by atoms with van der Waals surface area (Å²) in [7, 11) is -4.32. The first kappa shape index (κ1) is 27.9. The monoisotopic (exact) mass is 420 g/mol. The maximum atomic E-state index is 11.2. The van der Waals surface area contributed by atoms with Gasteiger partial charge in [-0.2, -0.15) is 0 Å². The molecular weight excluding hydrogens is 383 g/mol. The van der Waals surface area contributed by atoms with E-state index in [9.17, 15) is 13.0 Å². The molecule has 1 aromatic carbocycles. The zero-order valence-electron chi connectivity index (χ0n) is 18.3. The van der Waals surface area contributed by atoms with E-state index in [4.69, 9.17) is 4.74 Å². The summed E-state index contributed by atoms with van der Waals surface area (Å²) in [5.41, 5.74) is 2.68. The molecule has 0 saturated carbocycles. The van der Waals surface area contributed by atoms with Crippen LogP contribution in [0, 0.1) is 0 Å². The van der Waals surface area contributed by atoms with Gasteiger partial charge < -0.3 is 9.29 Å². The predicted molar refractivity (Wildman–Crippen MR) is 111 cm³/mol. The van der Waals surface area contributed by atoms with Crippen LogP contribution in [-0.2, 0) is 23.0 Å². The van der Waals surface area contributed by atoms with E-state index in [0.29, 0.717) is 5.75 Å². The number of unbranched alkanes of at least 4 members (excludes halogenated alkanes) is 6. The molecule has 0 aliphatic carbocycles. The smallest absolute Gasteiger partial charge is 0.748 e. The molecule has 4 nitrogen and oxygen atoms in total. The Kier molecular flexibility index (Phi) is 15.7. The second-order valence-electron chi connectivity index (χ2n) is 7.39. The average Bonchev–Trinajstić information content (AvgIpc) is 2.63. The van der Waals surface area contributed by atoms with Crippen molar-refractivity contribution in [2.24, 2.45) is 0 Å². The minimum absolute atomic E-state index is 0. The first-order chi connectivity index (χ1) is 12.9. The summed E-state index contributed by atoms with van der Waals surface area (Å²) in [5, 5.41) is -0.987. The van der Waals surface area contributed by atoms with Crippen molar-refractivity contribution >= 4 is 10.1 Å². The second-order valence-corrected chi connectivity index (χ2v) is 9.04. The van der Waals surface area contributed by atoms with E-state index in [1.54, 1.807) is 6.92 Å². The Bertz CT molecular complexity index is 631. The molecular formula is C22H37NaO4S. The second kappa shape index (κ2) is 15.7. The molecule has 1 unspecified atom stereocenters. The summed E-state index contributed by atoms with van der Waals surface area (Å²) in [6, 6.07) is 6.07. The van der Waals surface area contributed by atoms with Crippen LogP contribution in [0.5, 0.6) is 5.75 Å². The topological polar surface area (TPSA) is 66.4 Å². The van der Waals surface area contributed by atoms with Crippen LogP contribution in [0.4, 0.5) is 0 Å². The van der Waals surface area contributed by atoms with Crippen LogP contribution < -0.4 is 34.3 Å². The largest absolute Gasteiger partial charge is 1.00 e. The molecule has 0 spiro atoms. The number of ether oxygens (including phenoxy) is 1. The van der Waals surface area contributed by atoms with Crippen LogP contribution in [0.15, 0.2) is 18.2 Å². The van der Waals surface area contributed by atoms with Crippen molar-refractivity contribution < 1.29 is 47.3 Å². The molecule has 0 aromatic heterocycles. The molecule has 0 saturated heterocycles. The molecule has 0 radical (unpaired) electrons. The molecule has 0 heterocycles. The fraction of sp³-hybridized carbons (Fsp3) is 0.727. The Morgan fingerprint density at radius 2 is 1.46 bits per heavy atom. The van der Waals surface area contributed by atoms with Crippen molar-refractivity contribution in [2.75, 3.05) is 6.61 Å². The van der Waals surface area contributed by atoms with Gasteiger partial charge in [0.1, 0.15) is 22.5 Å². The molecule has 0 N–H and O–H groups in total. The molecule has 0 aliphatic rings. The summed E-state index contributed by atoms with van der Waals surface area (Å²) in [6.07, 6.45) is 12.2. The molecule has 0 aliphatic heterocycles. The van der Waals surface area contributed by atoms with E-state index in [1.807, 2.05) is 12.1 Å². The van der Waals surface area contributed by atoms with Crippen molar-refractivity contribution in [3.8, 4) is 5.75 Å². The van der Waals surface area contributed by atoms with Crippen LogP contribution in [0.3, 0.4) is 0 Å². The van der Waals surface area contributed by atoms with E-state index in [1.165, 1.54) is 56.1 Å². The third kappa shape index (κ3) is 11.2. The van der Waals surface area contributed by atoms with Gasteiger partial charge >= 0.3 is 29.6 Å². The normalized spacial score (nSPS) is 12.4. The number of rotatable bonds is 15. The third-order valence-corrected chi connectivity index (χ3v) is 6.36. The molecule has 156 valence electrons. The Balaban J connectivity index is 0.00000729. The molecule has 28 heavy (non-hydrogen) atoms. The minimum Gasteiger partial charge on any atom is -0.748 e. The number of benzene rings is 1. The summed E-state index contributed by atoms with van der Waals surface area (Å²) >= 11 is 0. The van der Waals surface area contributed by atoms with Gasteiger partial charge in [0.15, 0.2) is 0 Å². The minimum atomic E-state index is -4.32. The van der Waals surface area contributed by atoms with Crippen molar-refractivity contribution in [1.82, 2.24) is 0 Å². The fourth-order valence-corrected chi connectivity index (χ4v) is 3.89. The molecule has 0 amide bonds. The molecule has 1 aromatic rings. The quantitative estimate of drug-likeness (QED) is 0.249. The molecule has 0 bridgehead atoms. The van der Waals surface area contributed by atoms with Crippen molar-refractivity contribution in [1.29, 1.82) is 0 Å². The Hall–Kier alpha value is -0.0700. The summed E-state index contributed by atoms with van der Waals surface area (Å²) in [6.45, 7) is 6.05. The molecule has 1 rings (SSSR count). The number of hydrogen-bond donors (Lipinski definition) is 0. The summed E-state index contributed by atoms with van der Waals surface area (Å²) < 4.78 is 39.4. The first-order valence-electron chi connectivity index (χ1n) is 10.6. The molecule has 1 atom stereocenters. The molecule has 6 heteroatoms. The van der Waals surface area contributed by atoms with Crippen LogP contribution in [-0.4, -0.2) is 24.8 Å². The maximum absolute atomic E-state index is 11.2. The Labute approximate surface area is 194 Å². The first-order valence-corrected chi connectivity index (χ1v) is 12.1. The fourth-order valence-electron chi connectivity index (χ4n) is 3.25. The van der Waals surface area contributed by atoms with Crippen molar-refractivity contribution in [3.05, 3.63) is 29.3 Å². The van der Waals surface area contributed by atoms with Gasteiger partial charge in [0.2, 0.25) is 0 Å². The zero-order chi connectivity index (χ0) is 20.1. The standard InChI is InChI=1S/C22H38O4S.Na/c1-4-7-9-11-13-19-15-16-21(17-20(19)14-12-10-8-5-2)26-18-22(6-3)27(23,24)25;/h15-17,22H,4-14,18H2,1-3H3,(H,23,24,25);/q;+1/p-1. The van der Waals surface area contributed by atoms with Gasteiger partial charge in [-0.15, -0.1) is 0 Å². The van der Waals surface area contributed by atoms with Gasteiger partial charge in [-0.05, 0) is 55.4 Å². The SMILES string of the molecule is CCCCCCc1ccc(OCC(CC)S(=O)(=O)[O-])cc1CCCCCC.[Na+]. The van der Waals surface area contributed by atoms with Crippen LogP contribution in [0.25, 0.3) is 0 Å². The van der Waals surface area contributed by atoms with Crippen LogP contribution >= 0.6 is 0 Å².